The van der Waals surface area contributed by atoms with E-state index in [1.807, 2.05) is 32.9 Å². The maximum Gasteiger partial charge on any atom is 0.373 e. The predicted octanol–water partition coefficient (Wildman–Crippen LogP) is 4.12. The van der Waals surface area contributed by atoms with Crippen molar-refractivity contribution in [3.63, 3.8) is 0 Å². The molecule has 0 radical (unpaired) electrons. The molecule has 1 aromatic carbocycles. The quantitative estimate of drug-likeness (QED) is 0.608. The number of carbonyl (C=O) groups excluding carboxylic acids is 1. The highest BCUT2D eigenvalue weighted by atomic mass is 17.2. The van der Waals surface area contributed by atoms with Crippen LogP contribution in [0.5, 0.6) is 0 Å². The second-order valence-electron chi connectivity index (χ2n) is 7.02. The maximum atomic E-state index is 11.7. The largest absolute Gasteiger partial charge is 0.373 e. The van der Waals surface area contributed by atoms with Crippen molar-refractivity contribution in [2.75, 3.05) is 6.61 Å². The van der Waals surface area contributed by atoms with E-state index in [4.69, 9.17) is 9.78 Å². The van der Waals surface area contributed by atoms with Gasteiger partial charge in [0.2, 0.25) is 0 Å². The summed E-state index contributed by atoms with van der Waals surface area (Å²) in [6.45, 7) is 12.8. The Bertz CT molecular complexity index is 419. The predicted molar refractivity (Wildman–Crippen MR) is 76.0 cm³/mol. The van der Waals surface area contributed by atoms with Crippen LogP contribution < -0.4 is 0 Å². The van der Waals surface area contributed by atoms with Gasteiger partial charge in [0, 0.05) is 0 Å². The van der Waals surface area contributed by atoms with Crippen molar-refractivity contribution < 1.29 is 14.6 Å². The molecule has 0 saturated carbocycles. The van der Waals surface area contributed by atoms with Gasteiger partial charge in [0.15, 0.2) is 0 Å². The van der Waals surface area contributed by atoms with Gasteiger partial charge < -0.3 is 0 Å². The van der Waals surface area contributed by atoms with Gasteiger partial charge in [-0.1, -0.05) is 53.7 Å². The summed E-state index contributed by atoms with van der Waals surface area (Å²) in [5.41, 5.74) is 1.73. The number of hydrogen-bond acceptors (Lipinski definition) is 3. The van der Waals surface area contributed by atoms with Gasteiger partial charge >= 0.3 is 5.97 Å². The Morgan fingerprint density at radius 3 is 1.95 bits per heavy atom. The molecule has 0 saturated heterocycles. The summed E-state index contributed by atoms with van der Waals surface area (Å²) < 4.78 is 0. The molecule has 0 aliphatic heterocycles. The third-order valence-corrected chi connectivity index (χ3v) is 2.61. The zero-order valence-corrected chi connectivity index (χ0v) is 12.7. The summed E-state index contributed by atoms with van der Waals surface area (Å²) in [5, 5.41) is 0. The van der Waals surface area contributed by atoms with E-state index in [-0.39, 0.29) is 10.8 Å². The van der Waals surface area contributed by atoms with Gasteiger partial charge in [0.05, 0.1) is 12.2 Å². The van der Waals surface area contributed by atoms with Crippen molar-refractivity contribution in [3.05, 3.63) is 35.4 Å². The first-order valence-electron chi connectivity index (χ1n) is 6.54. The Morgan fingerprint density at radius 2 is 1.53 bits per heavy atom. The first-order valence-corrected chi connectivity index (χ1v) is 6.54. The van der Waals surface area contributed by atoms with E-state index in [0.717, 1.165) is 0 Å². The fourth-order valence-corrected chi connectivity index (χ4v) is 1.41. The van der Waals surface area contributed by atoms with Crippen molar-refractivity contribution in [3.8, 4) is 0 Å². The molecule has 3 heteroatoms. The average Bonchev–Trinajstić information content (AvgIpc) is 2.26. The summed E-state index contributed by atoms with van der Waals surface area (Å²) in [4.78, 5) is 21.5. The molecule has 19 heavy (non-hydrogen) atoms. The Labute approximate surface area is 115 Å². The topological polar surface area (TPSA) is 35.5 Å². The summed E-state index contributed by atoms with van der Waals surface area (Å²) in [6.07, 6.45) is 0. The molecule has 0 N–H and O–H groups in total. The third-order valence-electron chi connectivity index (χ3n) is 2.61. The van der Waals surface area contributed by atoms with Crippen molar-refractivity contribution in [1.82, 2.24) is 0 Å². The van der Waals surface area contributed by atoms with E-state index in [1.165, 1.54) is 5.56 Å². The molecule has 106 valence electrons. The molecule has 0 amide bonds. The van der Waals surface area contributed by atoms with Gasteiger partial charge in [-0.05, 0) is 28.5 Å². The lowest BCUT2D eigenvalue weighted by molar-refractivity contribution is -0.255. The van der Waals surface area contributed by atoms with Gasteiger partial charge in [0.1, 0.15) is 0 Å². The molecule has 0 bridgehead atoms. The molecule has 0 unspecified atom stereocenters. The second kappa shape index (κ2) is 5.74. The number of carbonyl (C=O) groups is 1. The van der Waals surface area contributed by atoms with Crippen molar-refractivity contribution in [2.24, 2.45) is 5.41 Å². The van der Waals surface area contributed by atoms with E-state index in [2.05, 4.69) is 20.8 Å². The average molecular weight is 264 g/mol. The van der Waals surface area contributed by atoms with E-state index >= 15 is 0 Å². The van der Waals surface area contributed by atoms with Crippen LogP contribution in [0.15, 0.2) is 24.3 Å². The lowest BCUT2D eigenvalue weighted by Crippen LogP contribution is -2.17. The standard InChI is InChI=1S/C16H24O3/c1-15(2,3)11-18-19-14(17)12-7-9-13(10-8-12)16(4,5)6/h7-10H,11H2,1-6H3. The Balaban J connectivity index is 2.59. The molecule has 0 heterocycles. The zero-order chi connectivity index (χ0) is 14.7. The van der Waals surface area contributed by atoms with E-state index in [0.29, 0.717) is 12.2 Å². The van der Waals surface area contributed by atoms with Crippen molar-refractivity contribution in [1.29, 1.82) is 0 Å². The molecule has 0 aromatic heterocycles. The van der Waals surface area contributed by atoms with Gasteiger partial charge in [-0.2, -0.15) is 4.89 Å². The summed E-state index contributed by atoms with van der Waals surface area (Å²) in [5.74, 6) is -0.454. The summed E-state index contributed by atoms with van der Waals surface area (Å²) >= 11 is 0. The van der Waals surface area contributed by atoms with Crippen LogP contribution in [0.1, 0.15) is 57.5 Å². The minimum Gasteiger partial charge on any atom is -0.293 e. The van der Waals surface area contributed by atoms with Crippen LogP contribution in [0.4, 0.5) is 0 Å². The molecule has 3 nitrogen and oxygen atoms in total. The monoisotopic (exact) mass is 264 g/mol. The van der Waals surface area contributed by atoms with E-state index in [9.17, 15) is 4.79 Å². The fraction of sp³-hybridized carbons (Fsp3) is 0.562. The molecule has 0 atom stereocenters. The lowest BCUT2D eigenvalue weighted by atomic mass is 9.87. The van der Waals surface area contributed by atoms with Crippen LogP contribution in [0.2, 0.25) is 0 Å². The van der Waals surface area contributed by atoms with Crippen LogP contribution in [0, 0.1) is 5.41 Å². The van der Waals surface area contributed by atoms with Gasteiger partial charge in [-0.3, -0.25) is 4.89 Å². The number of rotatable bonds is 3. The molecule has 0 spiro atoms. The van der Waals surface area contributed by atoms with Gasteiger partial charge in [0.25, 0.3) is 0 Å². The van der Waals surface area contributed by atoms with Crippen LogP contribution in [0.25, 0.3) is 0 Å². The van der Waals surface area contributed by atoms with Crippen LogP contribution >= 0.6 is 0 Å². The number of benzene rings is 1. The second-order valence-corrected chi connectivity index (χ2v) is 7.02. The lowest BCUT2D eigenvalue weighted by Gasteiger charge is -2.19. The Kier molecular flexibility index (Phi) is 4.75. The van der Waals surface area contributed by atoms with Gasteiger partial charge in [-0.25, -0.2) is 4.79 Å². The normalized spacial score (nSPS) is 12.3. The van der Waals surface area contributed by atoms with Crippen LogP contribution in [0.3, 0.4) is 0 Å². The Morgan fingerprint density at radius 1 is 1.00 bits per heavy atom. The molecular formula is C16H24O3. The highest BCUT2D eigenvalue weighted by Crippen LogP contribution is 2.22. The summed E-state index contributed by atoms with van der Waals surface area (Å²) in [6, 6.07) is 7.42. The first kappa shape index (κ1) is 15.7. The molecular weight excluding hydrogens is 240 g/mol. The highest BCUT2D eigenvalue weighted by molar-refractivity contribution is 5.88. The fourth-order valence-electron chi connectivity index (χ4n) is 1.41. The molecule has 1 rings (SSSR count). The molecule has 1 aromatic rings. The Hall–Kier alpha value is -1.35. The smallest absolute Gasteiger partial charge is 0.293 e. The van der Waals surface area contributed by atoms with Crippen LogP contribution in [-0.2, 0) is 15.2 Å². The molecule has 0 aliphatic rings. The zero-order valence-electron chi connectivity index (χ0n) is 12.7. The highest BCUT2D eigenvalue weighted by Gasteiger charge is 2.16. The van der Waals surface area contributed by atoms with Crippen molar-refractivity contribution in [2.45, 2.75) is 47.0 Å². The van der Waals surface area contributed by atoms with Crippen molar-refractivity contribution >= 4 is 5.97 Å². The first-order chi connectivity index (χ1) is 8.59. The van der Waals surface area contributed by atoms with E-state index in [1.54, 1.807) is 12.1 Å². The van der Waals surface area contributed by atoms with E-state index < -0.39 is 5.97 Å². The minimum atomic E-state index is -0.454. The SMILES string of the molecule is CC(C)(C)COOC(=O)c1ccc(C(C)(C)C)cc1. The third kappa shape index (κ3) is 5.43. The molecule has 0 fully saturated rings. The minimum absolute atomic E-state index is 0.0314. The number of hydrogen-bond donors (Lipinski definition) is 0. The van der Waals surface area contributed by atoms with Crippen LogP contribution in [-0.4, -0.2) is 12.6 Å². The maximum absolute atomic E-state index is 11.7. The van der Waals surface area contributed by atoms with Gasteiger partial charge in [-0.15, -0.1) is 0 Å². The molecule has 0 aliphatic carbocycles. The summed E-state index contributed by atoms with van der Waals surface area (Å²) in [7, 11) is 0.